The van der Waals surface area contributed by atoms with Crippen molar-refractivity contribution >= 4 is 17.3 Å². The topological polar surface area (TPSA) is 73.9 Å². The summed E-state index contributed by atoms with van der Waals surface area (Å²) in [5.74, 6) is -0.0979. The van der Waals surface area contributed by atoms with Gasteiger partial charge in [0.05, 0.1) is 0 Å². The van der Waals surface area contributed by atoms with Crippen LogP contribution in [0.2, 0.25) is 0 Å². The van der Waals surface area contributed by atoms with Crippen molar-refractivity contribution in [2.45, 2.75) is 6.92 Å². The number of H-pyrrole nitrogens is 1. The third kappa shape index (κ3) is 2.48. The quantitative estimate of drug-likeness (QED) is 0.858. The molecule has 1 aromatic heterocycles. The zero-order valence-electron chi connectivity index (χ0n) is 10.6. The Kier molecular flexibility index (Phi) is 3.27. The molecule has 94 valence electrons. The highest BCUT2D eigenvalue weighted by molar-refractivity contribution is 6.01. The maximum absolute atomic E-state index is 11.8. The van der Waals surface area contributed by atoms with E-state index in [1.165, 1.54) is 6.33 Å². The molecule has 0 spiro atoms. The van der Waals surface area contributed by atoms with Gasteiger partial charge >= 0.3 is 0 Å². The molecule has 0 saturated carbocycles. The van der Waals surface area contributed by atoms with Crippen LogP contribution in [0.5, 0.6) is 0 Å². The zero-order chi connectivity index (χ0) is 13.1. The zero-order valence-corrected chi connectivity index (χ0v) is 10.6. The van der Waals surface area contributed by atoms with Gasteiger partial charge in [-0.1, -0.05) is 0 Å². The number of benzene rings is 1. The van der Waals surface area contributed by atoms with Crippen LogP contribution < -0.4 is 10.2 Å². The Labute approximate surface area is 105 Å². The molecule has 6 heteroatoms. The second-order valence-electron chi connectivity index (χ2n) is 4.18. The minimum atomic E-state index is -0.298. The van der Waals surface area contributed by atoms with Crippen LogP contribution in [-0.2, 0) is 0 Å². The Morgan fingerprint density at radius 2 is 2.17 bits per heavy atom. The van der Waals surface area contributed by atoms with Gasteiger partial charge in [0.15, 0.2) is 0 Å². The van der Waals surface area contributed by atoms with Gasteiger partial charge in [0, 0.05) is 25.5 Å². The molecule has 1 heterocycles. The predicted octanol–water partition coefficient (Wildman–Crippen LogP) is 1.43. The summed E-state index contributed by atoms with van der Waals surface area (Å²) in [4.78, 5) is 17.6. The van der Waals surface area contributed by atoms with E-state index in [9.17, 15) is 4.79 Å². The molecular formula is C12H15N5O. The largest absolute Gasteiger partial charge is 0.378 e. The monoisotopic (exact) mass is 245 g/mol. The molecule has 2 N–H and O–H groups in total. The number of amides is 1. The molecule has 0 saturated heterocycles. The summed E-state index contributed by atoms with van der Waals surface area (Å²) in [5, 5.41) is 8.95. The van der Waals surface area contributed by atoms with E-state index in [0.717, 1.165) is 16.9 Å². The van der Waals surface area contributed by atoms with Gasteiger partial charge in [-0.3, -0.25) is 9.89 Å². The van der Waals surface area contributed by atoms with Crippen molar-refractivity contribution in [1.82, 2.24) is 15.2 Å². The summed E-state index contributed by atoms with van der Waals surface area (Å²) in [5.41, 5.74) is 2.85. The summed E-state index contributed by atoms with van der Waals surface area (Å²) in [6.07, 6.45) is 1.30. The molecule has 0 aliphatic rings. The summed E-state index contributed by atoms with van der Waals surface area (Å²) in [6, 6.07) is 5.83. The van der Waals surface area contributed by atoms with Crippen LogP contribution in [0.4, 0.5) is 11.4 Å². The van der Waals surface area contributed by atoms with Crippen LogP contribution in [-0.4, -0.2) is 35.2 Å². The van der Waals surface area contributed by atoms with Crippen molar-refractivity contribution in [3.05, 3.63) is 35.9 Å². The molecule has 2 aromatic rings. The lowest BCUT2D eigenvalue weighted by atomic mass is 10.1. The smallest absolute Gasteiger partial charge is 0.292 e. The number of aromatic nitrogens is 3. The van der Waals surface area contributed by atoms with E-state index in [0.29, 0.717) is 0 Å². The number of anilines is 2. The van der Waals surface area contributed by atoms with E-state index in [1.807, 2.05) is 44.1 Å². The lowest BCUT2D eigenvalue weighted by Gasteiger charge is -2.15. The van der Waals surface area contributed by atoms with Gasteiger partial charge in [-0.05, 0) is 30.7 Å². The lowest BCUT2D eigenvalue weighted by Crippen LogP contribution is -2.15. The molecule has 0 bridgehead atoms. The summed E-state index contributed by atoms with van der Waals surface area (Å²) < 4.78 is 0. The van der Waals surface area contributed by atoms with Crippen molar-refractivity contribution in [3.63, 3.8) is 0 Å². The highest BCUT2D eigenvalue weighted by Gasteiger charge is 2.10. The second-order valence-corrected chi connectivity index (χ2v) is 4.18. The normalized spacial score (nSPS) is 10.2. The molecule has 0 aliphatic heterocycles. The van der Waals surface area contributed by atoms with E-state index in [4.69, 9.17) is 0 Å². The van der Waals surface area contributed by atoms with E-state index >= 15 is 0 Å². The van der Waals surface area contributed by atoms with Crippen LogP contribution >= 0.6 is 0 Å². The first kappa shape index (κ1) is 12.1. The molecule has 0 unspecified atom stereocenters. The second kappa shape index (κ2) is 4.87. The fourth-order valence-electron chi connectivity index (χ4n) is 1.56. The lowest BCUT2D eigenvalue weighted by molar-refractivity contribution is 0.101. The Balaban J connectivity index is 2.17. The molecule has 2 rings (SSSR count). The number of aromatic amines is 1. The van der Waals surface area contributed by atoms with Gasteiger partial charge in [0.25, 0.3) is 5.91 Å². The molecule has 0 atom stereocenters. The predicted molar refractivity (Wildman–Crippen MR) is 69.8 cm³/mol. The average molecular weight is 245 g/mol. The fraction of sp³-hybridized carbons (Fsp3) is 0.250. The molecule has 1 amide bonds. The highest BCUT2D eigenvalue weighted by atomic mass is 16.2. The van der Waals surface area contributed by atoms with Gasteiger partial charge in [0.1, 0.15) is 6.33 Å². The number of rotatable bonds is 3. The molecular weight excluding hydrogens is 230 g/mol. The van der Waals surface area contributed by atoms with E-state index in [2.05, 4.69) is 20.5 Å². The van der Waals surface area contributed by atoms with Crippen LogP contribution in [0.1, 0.15) is 16.2 Å². The van der Waals surface area contributed by atoms with Gasteiger partial charge in [-0.15, -0.1) is 0 Å². The number of carbonyl (C=O) groups is 1. The molecule has 6 nitrogen and oxygen atoms in total. The fourth-order valence-corrected chi connectivity index (χ4v) is 1.56. The van der Waals surface area contributed by atoms with Crippen LogP contribution in [0.3, 0.4) is 0 Å². The number of hydrogen-bond acceptors (Lipinski definition) is 4. The van der Waals surface area contributed by atoms with E-state index in [-0.39, 0.29) is 11.7 Å². The Morgan fingerprint density at radius 1 is 1.39 bits per heavy atom. The first-order valence-electron chi connectivity index (χ1n) is 5.52. The SMILES string of the molecule is Cc1cc(N(C)C)ccc1NC(=O)c1ncn[nH]1. The molecule has 0 radical (unpaired) electrons. The van der Waals surface area contributed by atoms with Gasteiger partial charge in [-0.2, -0.15) is 5.10 Å². The number of nitrogens with one attached hydrogen (secondary N) is 2. The summed E-state index contributed by atoms with van der Waals surface area (Å²) >= 11 is 0. The average Bonchev–Trinajstić information content (AvgIpc) is 2.85. The van der Waals surface area contributed by atoms with E-state index < -0.39 is 0 Å². The number of hydrogen-bond donors (Lipinski definition) is 2. The van der Waals surface area contributed by atoms with Crippen LogP contribution in [0, 0.1) is 6.92 Å². The Morgan fingerprint density at radius 3 is 2.72 bits per heavy atom. The molecule has 18 heavy (non-hydrogen) atoms. The first-order chi connectivity index (χ1) is 8.58. The van der Waals surface area contributed by atoms with Crippen molar-refractivity contribution in [3.8, 4) is 0 Å². The van der Waals surface area contributed by atoms with Crippen LogP contribution in [0.15, 0.2) is 24.5 Å². The third-order valence-corrected chi connectivity index (χ3v) is 2.60. The minimum Gasteiger partial charge on any atom is -0.378 e. The number of nitrogens with zero attached hydrogens (tertiary/aromatic N) is 3. The minimum absolute atomic E-state index is 0.200. The standard InChI is InChI=1S/C12H15N5O/c1-8-6-9(17(2)3)4-5-10(8)15-12(18)11-13-7-14-16-11/h4-7H,1-3H3,(H,15,18)(H,13,14,16). The van der Waals surface area contributed by atoms with Gasteiger partial charge in [-0.25, -0.2) is 4.98 Å². The maximum atomic E-state index is 11.8. The molecule has 1 aromatic carbocycles. The molecule has 0 fully saturated rings. The van der Waals surface area contributed by atoms with Crippen LogP contribution in [0.25, 0.3) is 0 Å². The highest BCUT2D eigenvalue weighted by Crippen LogP contribution is 2.21. The first-order valence-corrected chi connectivity index (χ1v) is 5.52. The number of carbonyl (C=O) groups excluding carboxylic acids is 1. The maximum Gasteiger partial charge on any atom is 0.292 e. The third-order valence-electron chi connectivity index (χ3n) is 2.60. The van der Waals surface area contributed by atoms with Gasteiger partial charge in [0.2, 0.25) is 5.82 Å². The Bertz CT molecular complexity index is 548. The molecule has 0 aliphatic carbocycles. The number of aryl methyl sites for hydroxylation is 1. The van der Waals surface area contributed by atoms with Crippen molar-refractivity contribution in [2.24, 2.45) is 0 Å². The van der Waals surface area contributed by atoms with Crippen molar-refractivity contribution in [1.29, 1.82) is 0 Å². The van der Waals surface area contributed by atoms with Crippen molar-refractivity contribution < 1.29 is 4.79 Å². The van der Waals surface area contributed by atoms with Gasteiger partial charge < -0.3 is 10.2 Å². The van der Waals surface area contributed by atoms with E-state index in [1.54, 1.807) is 0 Å². The Hall–Kier alpha value is -2.37. The summed E-state index contributed by atoms with van der Waals surface area (Å²) in [7, 11) is 3.95. The van der Waals surface area contributed by atoms with Crippen molar-refractivity contribution in [2.75, 3.05) is 24.3 Å². The summed E-state index contributed by atoms with van der Waals surface area (Å²) in [6.45, 7) is 1.95.